The number of morpholine rings is 1. The summed E-state index contributed by atoms with van der Waals surface area (Å²) in [6.07, 6.45) is 3.58. The first kappa shape index (κ1) is 19.9. The number of carbonyl (C=O) groups excluding carboxylic acids is 1. The van der Waals surface area contributed by atoms with Crippen LogP contribution in [0, 0.1) is 0 Å². The molecule has 11 heteroatoms. The van der Waals surface area contributed by atoms with Crippen molar-refractivity contribution in [2.45, 2.75) is 13.0 Å². The van der Waals surface area contributed by atoms with Gasteiger partial charge in [0.25, 0.3) is 0 Å². The zero-order valence-electron chi connectivity index (χ0n) is 17.1. The summed E-state index contributed by atoms with van der Waals surface area (Å²) >= 11 is 3.58. The van der Waals surface area contributed by atoms with Gasteiger partial charge in [-0.15, -0.1) is 5.10 Å². The average Bonchev–Trinajstić information content (AvgIpc) is 3.41. The molecule has 1 atom stereocenters. The monoisotopic (exact) mass is 484 g/mol. The van der Waals surface area contributed by atoms with Crippen molar-refractivity contribution in [1.29, 1.82) is 0 Å². The summed E-state index contributed by atoms with van der Waals surface area (Å²) in [4.78, 5) is 24.2. The first-order valence-electron chi connectivity index (χ1n) is 9.98. The summed E-state index contributed by atoms with van der Waals surface area (Å²) in [5.41, 5.74) is 2.20. The largest absolute Gasteiger partial charge is 0.378 e. The fourth-order valence-electron chi connectivity index (χ4n) is 3.66. The zero-order chi connectivity index (χ0) is 21.5. The SMILES string of the molecule is C[C@@H](Nc1nc2c(Br)cccc2c2nc(-c3cnn(C)c3)nn12)C(=O)N1CCOCC1. The van der Waals surface area contributed by atoms with E-state index in [0.717, 1.165) is 20.9 Å². The molecular formula is C20H21BrN8O2. The number of aromatic nitrogens is 6. The standard InChI is InChI=1S/C20H21BrN8O2/c1-12(19(30)28-6-8-31-9-7-28)23-20-24-16-14(4-3-5-15(16)21)18-25-17(26-29(18)20)13-10-22-27(2)11-13/h3-5,10-12H,6-9H2,1-2H3,(H,23,24)/t12-/m1/s1. The third-order valence-corrected chi connectivity index (χ3v) is 5.89. The zero-order valence-corrected chi connectivity index (χ0v) is 18.7. The molecule has 4 heterocycles. The quantitative estimate of drug-likeness (QED) is 0.472. The second-order valence-corrected chi connectivity index (χ2v) is 8.30. The number of nitrogens with zero attached hydrogens (tertiary/aromatic N) is 7. The number of carbonyl (C=O) groups is 1. The van der Waals surface area contributed by atoms with E-state index in [0.29, 0.717) is 43.7 Å². The molecule has 0 spiro atoms. The van der Waals surface area contributed by atoms with E-state index in [9.17, 15) is 4.79 Å². The predicted molar refractivity (Wildman–Crippen MR) is 119 cm³/mol. The Balaban J connectivity index is 1.59. The molecular weight excluding hydrogens is 464 g/mol. The lowest BCUT2D eigenvalue weighted by Crippen LogP contribution is -2.47. The average molecular weight is 485 g/mol. The Bertz CT molecular complexity index is 1280. The van der Waals surface area contributed by atoms with Crippen LogP contribution in [0.3, 0.4) is 0 Å². The predicted octanol–water partition coefficient (Wildman–Crippen LogP) is 2.10. The molecule has 0 aliphatic carbocycles. The van der Waals surface area contributed by atoms with Gasteiger partial charge in [-0.25, -0.2) is 9.97 Å². The summed E-state index contributed by atoms with van der Waals surface area (Å²) in [6, 6.07) is 5.33. The number of para-hydroxylation sites is 1. The van der Waals surface area contributed by atoms with Crippen molar-refractivity contribution in [3.05, 3.63) is 35.1 Å². The van der Waals surface area contributed by atoms with Crippen LogP contribution >= 0.6 is 15.9 Å². The van der Waals surface area contributed by atoms with Gasteiger partial charge in [0, 0.05) is 36.2 Å². The number of fused-ring (bicyclic) bond motifs is 3. The molecule has 160 valence electrons. The molecule has 1 amide bonds. The highest BCUT2D eigenvalue weighted by molar-refractivity contribution is 9.10. The van der Waals surface area contributed by atoms with Gasteiger partial charge in [0.05, 0.1) is 30.5 Å². The minimum Gasteiger partial charge on any atom is -0.378 e. The lowest BCUT2D eigenvalue weighted by atomic mass is 10.2. The molecule has 10 nitrogen and oxygen atoms in total. The molecule has 5 rings (SSSR count). The second kappa shape index (κ2) is 7.89. The maximum Gasteiger partial charge on any atom is 0.245 e. The highest BCUT2D eigenvalue weighted by atomic mass is 79.9. The van der Waals surface area contributed by atoms with E-state index in [4.69, 9.17) is 14.7 Å². The van der Waals surface area contributed by atoms with Crippen LogP contribution in [-0.4, -0.2) is 72.5 Å². The van der Waals surface area contributed by atoms with Gasteiger partial charge in [-0.1, -0.05) is 6.07 Å². The summed E-state index contributed by atoms with van der Waals surface area (Å²) in [5.74, 6) is 0.988. The van der Waals surface area contributed by atoms with Gasteiger partial charge < -0.3 is 15.0 Å². The van der Waals surface area contributed by atoms with E-state index >= 15 is 0 Å². The molecule has 1 N–H and O–H groups in total. The van der Waals surface area contributed by atoms with E-state index in [2.05, 4.69) is 31.4 Å². The van der Waals surface area contributed by atoms with Crippen LogP contribution in [-0.2, 0) is 16.6 Å². The first-order valence-corrected chi connectivity index (χ1v) is 10.8. The summed E-state index contributed by atoms with van der Waals surface area (Å²) in [5, 5.41) is 13.0. The van der Waals surface area contributed by atoms with Crippen molar-refractivity contribution in [3.63, 3.8) is 0 Å². The van der Waals surface area contributed by atoms with Crippen LogP contribution in [0.2, 0.25) is 0 Å². The number of benzene rings is 1. The molecule has 3 aromatic heterocycles. The maximum absolute atomic E-state index is 12.9. The van der Waals surface area contributed by atoms with Gasteiger partial charge >= 0.3 is 0 Å². The second-order valence-electron chi connectivity index (χ2n) is 7.45. The van der Waals surface area contributed by atoms with Gasteiger partial charge in [-0.05, 0) is 35.0 Å². The Morgan fingerprint density at radius 3 is 2.81 bits per heavy atom. The van der Waals surface area contributed by atoms with Crippen LogP contribution in [0.5, 0.6) is 0 Å². The van der Waals surface area contributed by atoms with Crippen molar-refractivity contribution < 1.29 is 9.53 Å². The van der Waals surface area contributed by atoms with E-state index < -0.39 is 6.04 Å². The van der Waals surface area contributed by atoms with Crippen LogP contribution < -0.4 is 5.32 Å². The van der Waals surface area contributed by atoms with E-state index in [1.165, 1.54) is 0 Å². The molecule has 1 aromatic carbocycles. The number of halogens is 1. The smallest absolute Gasteiger partial charge is 0.245 e. The number of hydrogen-bond acceptors (Lipinski definition) is 7. The number of ether oxygens (including phenoxy) is 1. The topological polar surface area (TPSA) is 102 Å². The Morgan fingerprint density at radius 2 is 2.06 bits per heavy atom. The molecule has 31 heavy (non-hydrogen) atoms. The molecule has 0 saturated carbocycles. The molecule has 1 aliphatic heterocycles. The van der Waals surface area contributed by atoms with E-state index in [1.54, 1.807) is 20.3 Å². The number of nitrogens with one attached hydrogen (secondary N) is 1. The number of amides is 1. The van der Waals surface area contributed by atoms with Crippen molar-refractivity contribution in [2.24, 2.45) is 7.05 Å². The number of hydrogen-bond donors (Lipinski definition) is 1. The van der Waals surface area contributed by atoms with Gasteiger partial charge in [0.15, 0.2) is 11.5 Å². The minimum atomic E-state index is -0.486. The molecule has 4 aromatic rings. The van der Waals surface area contributed by atoms with Crippen LogP contribution in [0.1, 0.15) is 6.92 Å². The minimum absolute atomic E-state index is 0.00178. The summed E-state index contributed by atoms with van der Waals surface area (Å²) < 4.78 is 9.55. The van der Waals surface area contributed by atoms with Crippen LogP contribution in [0.15, 0.2) is 35.1 Å². The Labute approximate surface area is 186 Å². The molecule has 0 radical (unpaired) electrons. The Hall–Kier alpha value is -3.05. The normalized spacial score (nSPS) is 15.5. The Morgan fingerprint density at radius 1 is 1.26 bits per heavy atom. The van der Waals surface area contributed by atoms with Crippen LogP contribution in [0.4, 0.5) is 5.95 Å². The lowest BCUT2D eigenvalue weighted by molar-refractivity contribution is -0.135. The molecule has 1 saturated heterocycles. The highest BCUT2D eigenvalue weighted by Crippen LogP contribution is 2.28. The highest BCUT2D eigenvalue weighted by Gasteiger charge is 2.24. The number of rotatable bonds is 4. The van der Waals surface area contributed by atoms with Crippen molar-refractivity contribution >= 4 is 44.3 Å². The molecule has 0 bridgehead atoms. The summed E-state index contributed by atoms with van der Waals surface area (Å²) in [6.45, 7) is 4.12. The van der Waals surface area contributed by atoms with E-state index in [1.807, 2.05) is 38.4 Å². The Kier molecular flexibility index (Phi) is 5.06. The van der Waals surface area contributed by atoms with Gasteiger partial charge in [0.1, 0.15) is 6.04 Å². The van der Waals surface area contributed by atoms with Crippen molar-refractivity contribution in [2.75, 3.05) is 31.6 Å². The third-order valence-electron chi connectivity index (χ3n) is 5.26. The van der Waals surface area contributed by atoms with Crippen molar-refractivity contribution in [1.82, 2.24) is 34.3 Å². The fourth-order valence-corrected chi connectivity index (χ4v) is 4.12. The number of anilines is 1. The fraction of sp³-hybridized carbons (Fsp3) is 0.350. The van der Waals surface area contributed by atoms with E-state index in [-0.39, 0.29) is 5.91 Å². The molecule has 1 aliphatic rings. The maximum atomic E-state index is 12.9. The molecule has 0 unspecified atom stereocenters. The van der Waals surface area contributed by atoms with Crippen LogP contribution in [0.25, 0.3) is 27.9 Å². The lowest BCUT2D eigenvalue weighted by Gasteiger charge is -2.29. The van der Waals surface area contributed by atoms with Gasteiger partial charge in [-0.3, -0.25) is 9.48 Å². The summed E-state index contributed by atoms with van der Waals surface area (Å²) in [7, 11) is 1.85. The van der Waals surface area contributed by atoms with Crippen molar-refractivity contribution in [3.8, 4) is 11.4 Å². The van der Waals surface area contributed by atoms with Gasteiger partial charge in [-0.2, -0.15) is 9.61 Å². The molecule has 1 fully saturated rings. The first-order chi connectivity index (χ1) is 15.0. The van der Waals surface area contributed by atoms with Gasteiger partial charge in [0.2, 0.25) is 11.9 Å². The number of aryl methyl sites for hydroxylation is 1. The third kappa shape index (κ3) is 3.63.